The van der Waals surface area contributed by atoms with Crippen molar-refractivity contribution in [1.82, 2.24) is 5.43 Å². The summed E-state index contributed by atoms with van der Waals surface area (Å²) in [7, 11) is 1.49. The third kappa shape index (κ3) is 6.37. The Kier molecular flexibility index (Phi) is 8.21. The van der Waals surface area contributed by atoms with Crippen molar-refractivity contribution in [2.24, 2.45) is 5.10 Å². The van der Waals surface area contributed by atoms with Crippen LogP contribution < -0.4 is 14.9 Å². The molecule has 9 heteroatoms. The van der Waals surface area contributed by atoms with Gasteiger partial charge in [-0.3, -0.25) is 4.79 Å². The van der Waals surface area contributed by atoms with Crippen LogP contribution in [-0.4, -0.2) is 19.2 Å². The molecule has 1 N–H and O–H groups in total. The molecule has 0 atom stereocenters. The predicted molar refractivity (Wildman–Crippen MR) is 128 cm³/mol. The first-order chi connectivity index (χ1) is 14.9. The van der Waals surface area contributed by atoms with Crippen molar-refractivity contribution >= 4 is 62.9 Å². The molecule has 0 aromatic heterocycles. The molecule has 0 unspecified atom stereocenters. The molecule has 0 saturated carbocycles. The molecule has 0 heterocycles. The molecule has 160 valence electrons. The zero-order valence-corrected chi connectivity index (χ0v) is 20.0. The van der Waals surface area contributed by atoms with Crippen molar-refractivity contribution in [3.05, 3.63) is 90.8 Å². The molecule has 0 radical (unpaired) electrons. The highest BCUT2D eigenvalue weighted by molar-refractivity contribution is 9.10. The van der Waals surface area contributed by atoms with E-state index in [0.29, 0.717) is 37.7 Å². The summed E-state index contributed by atoms with van der Waals surface area (Å²) in [5.41, 5.74) is 4.32. The van der Waals surface area contributed by atoms with Gasteiger partial charge in [0.2, 0.25) is 0 Å². The highest BCUT2D eigenvalue weighted by Gasteiger charge is 2.13. The fourth-order valence-electron chi connectivity index (χ4n) is 2.61. The topological polar surface area (TPSA) is 59.9 Å². The highest BCUT2D eigenvalue weighted by atomic mass is 79.9. The van der Waals surface area contributed by atoms with E-state index in [1.165, 1.54) is 13.3 Å². The fourth-order valence-corrected chi connectivity index (χ4v) is 3.71. The lowest BCUT2D eigenvalue weighted by Gasteiger charge is -2.11. The van der Waals surface area contributed by atoms with E-state index in [-0.39, 0.29) is 6.61 Å². The lowest BCUT2D eigenvalue weighted by atomic mass is 10.2. The van der Waals surface area contributed by atoms with E-state index >= 15 is 0 Å². The van der Waals surface area contributed by atoms with E-state index in [4.69, 9.17) is 44.3 Å². The predicted octanol–water partition coefficient (Wildman–Crippen LogP) is 6.76. The molecule has 0 spiro atoms. The summed E-state index contributed by atoms with van der Waals surface area (Å²) in [5.74, 6) is 0.372. The number of rotatable bonds is 7. The van der Waals surface area contributed by atoms with Crippen LogP contribution in [0.5, 0.6) is 11.5 Å². The fraction of sp³-hybridized carbons (Fsp3) is 0.0909. The van der Waals surface area contributed by atoms with Gasteiger partial charge in [0.1, 0.15) is 12.4 Å². The molecule has 0 aliphatic carbocycles. The van der Waals surface area contributed by atoms with E-state index in [0.717, 1.165) is 10.0 Å². The number of carbonyl (C=O) groups excluding carboxylic acids is 1. The second-order valence-corrected chi connectivity index (χ2v) is 8.44. The number of amides is 1. The van der Waals surface area contributed by atoms with Crippen LogP contribution in [0.25, 0.3) is 0 Å². The molecule has 0 aliphatic rings. The molecule has 0 fully saturated rings. The first-order valence-corrected chi connectivity index (χ1v) is 10.8. The Hall–Kier alpha value is -2.25. The van der Waals surface area contributed by atoms with Crippen LogP contribution in [0, 0.1) is 0 Å². The third-order valence-electron chi connectivity index (χ3n) is 4.10. The maximum absolute atomic E-state index is 12.4. The molecule has 31 heavy (non-hydrogen) atoms. The zero-order chi connectivity index (χ0) is 22.4. The molecule has 0 saturated heterocycles. The largest absolute Gasteiger partial charge is 0.496 e. The summed E-state index contributed by atoms with van der Waals surface area (Å²) in [5, 5.41) is 5.26. The molecular weight excluding hydrogens is 527 g/mol. The Morgan fingerprint density at radius 3 is 2.39 bits per heavy atom. The number of nitrogens with one attached hydrogen (secondary N) is 1. The number of hydrogen-bond donors (Lipinski definition) is 1. The normalized spacial score (nSPS) is 10.9. The summed E-state index contributed by atoms with van der Waals surface area (Å²) >= 11 is 21.9. The van der Waals surface area contributed by atoms with Crippen LogP contribution in [0.1, 0.15) is 21.5 Å². The average Bonchev–Trinajstić information content (AvgIpc) is 2.74. The van der Waals surface area contributed by atoms with Crippen molar-refractivity contribution in [1.29, 1.82) is 0 Å². The standard InChI is InChI=1S/C22H16BrCl3N2O3/c1-30-20-7-4-15(23)10-17(20)22(29)28-27-11-14-8-18(25)21(19(26)9-14)31-12-13-2-5-16(24)6-3-13/h2-11H,12H2,1H3,(H,28,29)/b27-11-. The maximum Gasteiger partial charge on any atom is 0.275 e. The van der Waals surface area contributed by atoms with Gasteiger partial charge in [-0.1, -0.05) is 62.9 Å². The monoisotopic (exact) mass is 540 g/mol. The van der Waals surface area contributed by atoms with Crippen LogP contribution >= 0.6 is 50.7 Å². The SMILES string of the molecule is COc1ccc(Br)cc1C(=O)N/N=C\c1cc(Cl)c(OCc2ccc(Cl)cc2)c(Cl)c1. The Morgan fingerprint density at radius 1 is 1.06 bits per heavy atom. The van der Waals surface area contributed by atoms with Gasteiger partial charge < -0.3 is 9.47 Å². The zero-order valence-electron chi connectivity index (χ0n) is 16.2. The molecular formula is C22H16BrCl3N2O3. The molecule has 3 rings (SSSR count). The number of hydrazone groups is 1. The summed E-state index contributed by atoms with van der Waals surface area (Å²) in [4.78, 5) is 12.4. The summed E-state index contributed by atoms with van der Waals surface area (Å²) in [6.45, 7) is 0.286. The van der Waals surface area contributed by atoms with Crippen molar-refractivity contribution in [3.8, 4) is 11.5 Å². The Labute approximate surface area is 203 Å². The minimum absolute atomic E-state index is 0.286. The Bertz CT molecular complexity index is 1100. The van der Waals surface area contributed by atoms with E-state index in [1.807, 2.05) is 12.1 Å². The van der Waals surface area contributed by atoms with Crippen molar-refractivity contribution in [2.75, 3.05) is 7.11 Å². The van der Waals surface area contributed by atoms with Gasteiger partial charge in [-0.05, 0) is 53.6 Å². The minimum atomic E-state index is -0.422. The molecule has 0 aliphatic heterocycles. The van der Waals surface area contributed by atoms with Crippen LogP contribution in [0.15, 0.2) is 64.2 Å². The van der Waals surface area contributed by atoms with Crippen molar-refractivity contribution in [2.45, 2.75) is 6.61 Å². The number of nitrogens with zero attached hydrogens (tertiary/aromatic N) is 1. The van der Waals surface area contributed by atoms with E-state index in [1.54, 1.807) is 42.5 Å². The summed E-state index contributed by atoms with van der Waals surface area (Å²) < 4.78 is 11.7. The van der Waals surface area contributed by atoms with Gasteiger partial charge in [-0.15, -0.1) is 0 Å². The second-order valence-electron chi connectivity index (χ2n) is 6.27. The van der Waals surface area contributed by atoms with Crippen molar-refractivity contribution in [3.63, 3.8) is 0 Å². The number of methoxy groups -OCH3 is 1. The molecule has 0 bridgehead atoms. The first kappa shape index (κ1) is 23.4. The van der Waals surface area contributed by atoms with E-state index in [9.17, 15) is 4.79 Å². The minimum Gasteiger partial charge on any atom is -0.496 e. The maximum atomic E-state index is 12.4. The van der Waals surface area contributed by atoms with E-state index < -0.39 is 5.91 Å². The Balaban J connectivity index is 1.67. The first-order valence-electron chi connectivity index (χ1n) is 8.90. The second kappa shape index (κ2) is 10.9. The number of carbonyl (C=O) groups is 1. The summed E-state index contributed by atoms with van der Waals surface area (Å²) in [6.07, 6.45) is 1.43. The average molecular weight is 543 g/mol. The lowest BCUT2D eigenvalue weighted by molar-refractivity contribution is 0.0952. The number of benzene rings is 3. The van der Waals surface area contributed by atoms with Gasteiger partial charge >= 0.3 is 0 Å². The van der Waals surface area contributed by atoms with Crippen LogP contribution in [0.2, 0.25) is 15.1 Å². The van der Waals surface area contributed by atoms with E-state index in [2.05, 4.69) is 26.5 Å². The van der Waals surface area contributed by atoms with Crippen LogP contribution in [0.4, 0.5) is 0 Å². The van der Waals surface area contributed by atoms with Gasteiger partial charge in [0.25, 0.3) is 5.91 Å². The van der Waals surface area contributed by atoms with Gasteiger partial charge in [0, 0.05) is 9.50 Å². The molecule has 5 nitrogen and oxygen atoms in total. The van der Waals surface area contributed by atoms with Gasteiger partial charge in [0.15, 0.2) is 5.75 Å². The smallest absolute Gasteiger partial charge is 0.275 e. The highest BCUT2D eigenvalue weighted by Crippen LogP contribution is 2.34. The molecule has 3 aromatic rings. The van der Waals surface area contributed by atoms with Crippen molar-refractivity contribution < 1.29 is 14.3 Å². The molecule has 1 amide bonds. The number of halogens is 4. The van der Waals surface area contributed by atoms with Crippen LogP contribution in [0.3, 0.4) is 0 Å². The lowest BCUT2D eigenvalue weighted by Crippen LogP contribution is -2.18. The Morgan fingerprint density at radius 2 is 1.74 bits per heavy atom. The van der Waals surface area contributed by atoms with Gasteiger partial charge in [-0.2, -0.15) is 5.10 Å². The van der Waals surface area contributed by atoms with Gasteiger partial charge in [0.05, 0.1) is 28.9 Å². The quantitative estimate of drug-likeness (QED) is 0.265. The van der Waals surface area contributed by atoms with Gasteiger partial charge in [-0.25, -0.2) is 5.43 Å². The number of hydrogen-bond acceptors (Lipinski definition) is 4. The summed E-state index contributed by atoms with van der Waals surface area (Å²) in [6, 6.07) is 15.7. The molecule has 3 aromatic carbocycles. The number of ether oxygens (including phenoxy) is 2. The van der Waals surface area contributed by atoms with Crippen LogP contribution in [-0.2, 0) is 6.61 Å². The third-order valence-corrected chi connectivity index (χ3v) is 5.41.